The van der Waals surface area contributed by atoms with E-state index >= 15 is 0 Å². The third kappa shape index (κ3) is 4.88. The van der Waals surface area contributed by atoms with Gasteiger partial charge in [0.1, 0.15) is 11.6 Å². The van der Waals surface area contributed by atoms with Crippen molar-refractivity contribution in [2.75, 3.05) is 20.1 Å². The summed E-state index contributed by atoms with van der Waals surface area (Å²) in [6, 6.07) is 10.7. The van der Waals surface area contributed by atoms with Gasteiger partial charge in [0, 0.05) is 19.5 Å². The monoisotopic (exact) mass is 454 g/mol. The Morgan fingerprint density at radius 1 is 1.16 bits per heavy atom. The van der Waals surface area contributed by atoms with Gasteiger partial charge in [-0.2, -0.15) is 13.1 Å². The quantitative estimate of drug-likeness (QED) is 0.567. The lowest BCUT2D eigenvalue weighted by Crippen LogP contribution is -2.39. The Morgan fingerprint density at radius 2 is 1.81 bits per heavy atom. The van der Waals surface area contributed by atoms with Crippen molar-refractivity contribution >= 4 is 27.0 Å². The fourth-order valence-electron chi connectivity index (χ4n) is 3.10. The number of carbonyl (C=O) groups is 1. The molecule has 1 heterocycles. The zero-order chi connectivity index (χ0) is 22.8. The molecule has 7 nitrogen and oxygen atoms in total. The molecule has 0 spiro atoms. The summed E-state index contributed by atoms with van der Waals surface area (Å²) in [5.74, 6) is -1.63. The predicted octanol–water partition coefficient (Wildman–Crippen LogP) is 3.11. The Hall–Kier alpha value is -2.92. The Labute approximate surface area is 177 Å². The number of amides is 1. The molecule has 1 N–H and O–H groups in total. The topological polar surface area (TPSA) is 84.3 Å². The number of alkyl halides is 2. The van der Waals surface area contributed by atoms with E-state index in [0.717, 1.165) is 33.1 Å². The Balaban J connectivity index is 1.66. The number of para-hydroxylation sites is 2. The molecule has 166 valence electrons. The van der Waals surface area contributed by atoms with E-state index in [2.05, 4.69) is 10.3 Å². The van der Waals surface area contributed by atoms with Crippen LogP contribution in [-0.4, -0.2) is 48.3 Å². The Bertz CT molecular complexity index is 1180. The van der Waals surface area contributed by atoms with E-state index in [-0.39, 0.29) is 22.8 Å². The van der Waals surface area contributed by atoms with Crippen molar-refractivity contribution in [3.05, 3.63) is 60.2 Å². The van der Waals surface area contributed by atoms with Crippen molar-refractivity contribution in [2.45, 2.75) is 24.3 Å². The molecule has 1 amide bonds. The summed E-state index contributed by atoms with van der Waals surface area (Å²) in [6.45, 7) is -1.66. The lowest BCUT2D eigenvalue weighted by molar-refractivity contribution is -0.121. The first-order valence-corrected chi connectivity index (χ1v) is 10.8. The normalized spacial score (nSPS) is 13.1. The molecule has 1 unspecified atom stereocenters. The lowest BCUT2D eigenvalue weighted by Gasteiger charge is -2.18. The van der Waals surface area contributed by atoms with Gasteiger partial charge in [0.05, 0.1) is 22.5 Å². The molecular weight excluding hydrogens is 433 g/mol. The van der Waals surface area contributed by atoms with Crippen molar-refractivity contribution in [3.8, 4) is 0 Å². The van der Waals surface area contributed by atoms with Gasteiger partial charge in [-0.05, 0) is 36.4 Å². The first-order chi connectivity index (χ1) is 14.6. The fraction of sp³-hybridized carbons (Fsp3) is 0.300. The number of nitrogens with one attached hydrogen (secondary N) is 1. The van der Waals surface area contributed by atoms with Gasteiger partial charge in [-0.15, -0.1) is 0 Å². The number of hydrogen-bond acceptors (Lipinski definition) is 4. The van der Waals surface area contributed by atoms with E-state index < -0.39 is 40.8 Å². The van der Waals surface area contributed by atoms with Crippen molar-refractivity contribution in [1.29, 1.82) is 0 Å². The summed E-state index contributed by atoms with van der Waals surface area (Å²) in [5.41, 5.74) is 0.705. The summed E-state index contributed by atoms with van der Waals surface area (Å²) in [4.78, 5) is 16.4. The van der Waals surface area contributed by atoms with E-state index in [1.165, 1.54) is 7.05 Å². The third-order valence-electron chi connectivity index (χ3n) is 4.75. The Kier molecular flexibility index (Phi) is 6.65. The lowest BCUT2D eigenvalue weighted by atomic mass is 10.1. The number of sulfonamides is 1. The number of halogens is 3. The summed E-state index contributed by atoms with van der Waals surface area (Å²) in [5, 5.41) is 2.55. The largest absolute Gasteiger partial charge is 0.354 e. The average Bonchev–Trinajstić information content (AvgIpc) is 3.12. The van der Waals surface area contributed by atoms with Gasteiger partial charge in [0.25, 0.3) is 0 Å². The molecule has 3 rings (SSSR count). The van der Waals surface area contributed by atoms with E-state index in [9.17, 15) is 26.4 Å². The maximum Gasteiger partial charge on any atom is 0.320 e. The molecule has 0 aliphatic rings. The maximum atomic E-state index is 13.6. The molecule has 0 saturated carbocycles. The third-order valence-corrected chi connectivity index (χ3v) is 6.57. The van der Waals surface area contributed by atoms with Crippen molar-refractivity contribution in [2.24, 2.45) is 0 Å². The minimum atomic E-state index is -3.99. The second-order valence-electron chi connectivity index (χ2n) is 7.03. The molecule has 2 aromatic carbocycles. The van der Waals surface area contributed by atoms with Crippen LogP contribution in [0.25, 0.3) is 11.0 Å². The number of hydrogen-bond donors (Lipinski definition) is 1. The van der Waals surface area contributed by atoms with Crippen molar-refractivity contribution in [3.63, 3.8) is 0 Å². The fourth-order valence-corrected chi connectivity index (χ4v) is 4.23. The van der Waals surface area contributed by atoms with Crippen LogP contribution in [0.3, 0.4) is 0 Å². The van der Waals surface area contributed by atoms with Gasteiger partial charge in [-0.1, -0.05) is 19.1 Å². The van der Waals surface area contributed by atoms with Gasteiger partial charge >= 0.3 is 6.55 Å². The molecule has 0 saturated heterocycles. The Morgan fingerprint density at radius 3 is 2.45 bits per heavy atom. The van der Waals surface area contributed by atoms with E-state index in [1.54, 1.807) is 31.2 Å². The highest BCUT2D eigenvalue weighted by molar-refractivity contribution is 7.89. The smallest absolute Gasteiger partial charge is 0.320 e. The molecule has 1 atom stereocenters. The van der Waals surface area contributed by atoms with E-state index in [1.807, 2.05) is 0 Å². The number of rotatable bonds is 8. The molecule has 0 aliphatic heterocycles. The van der Waals surface area contributed by atoms with Crippen LogP contribution < -0.4 is 5.32 Å². The van der Waals surface area contributed by atoms with Crippen LogP contribution in [0.4, 0.5) is 13.2 Å². The zero-order valence-electron chi connectivity index (χ0n) is 16.8. The van der Waals surface area contributed by atoms with Gasteiger partial charge in [-0.3, -0.25) is 9.36 Å². The summed E-state index contributed by atoms with van der Waals surface area (Å²) < 4.78 is 66.8. The summed E-state index contributed by atoms with van der Waals surface area (Å²) in [6.07, 6.45) is 0. The van der Waals surface area contributed by atoms with Crippen molar-refractivity contribution < 1.29 is 26.4 Å². The van der Waals surface area contributed by atoms with Crippen LogP contribution in [0.1, 0.15) is 25.2 Å². The highest BCUT2D eigenvalue weighted by atomic mass is 32.2. The minimum absolute atomic E-state index is 0.0146. The van der Waals surface area contributed by atoms with Gasteiger partial charge in [0.2, 0.25) is 15.9 Å². The van der Waals surface area contributed by atoms with Crippen LogP contribution in [0.5, 0.6) is 0 Å². The number of carbonyl (C=O) groups excluding carboxylic acids is 1. The SMILES string of the molecule is CC(CNC(=O)CN(C)S(=O)(=O)c1ccc(F)cc1)c1nc2ccccc2n1C(F)F. The van der Waals surface area contributed by atoms with Crippen LogP contribution in [-0.2, 0) is 14.8 Å². The highest BCUT2D eigenvalue weighted by Gasteiger charge is 2.25. The van der Waals surface area contributed by atoms with Crippen molar-refractivity contribution in [1.82, 2.24) is 19.2 Å². The summed E-state index contributed by atoms with van der Waals surface area (Å²) in [7, 11) is -2.77. The first-order valence-electron chi connectivity index (χ1n) is 9.35. The standard InChI is InChI=1S/C20H21F3N4O3S/c1-13(19-25-16-5-3-4-6-17(16)27(19)20(22)23)11-24-18(28)12-26(2)31(29,30)15-9-7-14(21)8-10-15/h3-10,13,20H,11-12H2,1-2H3,(H,24,28). The minimum Gasteiger partial charge on any atom is -0.354 e. The molecule has 31 heavy (non-hydrogen) atoms. The molecule has 0 bridgehead atoms. The second kappa shape index (κ2) is 9.06. The predicted molar refractivity (Wildman–Crippen MR) is 109 cm³/mol. The van der Waals surface area contributed by atoms with E-state index in [4.69, 9.17) is 0 Å². The number of benzene rings is 2. The molecule has 3 aromatic rings. The van der Waals surface area contributed by atoms with Crippen LogP contribution >= 0.6 is 0 Å². The van der Waals surface area contributed by atoms with Crippen LogP contribution in [0.2, 0.25) is 0 Å². The molecule has 1 aromatic heterocycles. The van der Waals surface area contributed by atoms with Gasteiger partial charge in [-0.25, -0.2) is 17.8 Å². The number of likely N-dealkylation sites (N-methyl/N-ethyl adjacent to an activating group) is 1. The number of imidazole rings is 1. The maximum absolute atomic E-state index is 13.6. The molecular formula is C20H21F3N4O3S. The number of aromatic nitrogens is 2. The number of nitrogens with zero attached hydrogens (tertiary/aromatic N) is 3. The van der Waals surface area contributed by atoms with Crippen LogP contribution in [0, 0.1) is 5.82 Å². The first kappa shape index (κ1) is 22.8. The van der Waals surface area contributed by atoms with Gasteiger partial charge < -0.3 is 5.32 Å². The molecule has 0 fully saturated rings. The van der Waals surface area contributed by atoms with Gasteiger partial charge in [0.15, 0.2) is 0 Å². The molecule has 0 radical (unpaired) electrons. The van der Waals surface area contributed by atoms with E-state index in [0.29, 0.717) is 5.52 Å². The molecule has 11 heteroatoms. The van der Waals surface area contributed by atoms with Crippen LogP contribution in [0.15, 0.2) is 53.4 Å². The highest BCUT2D eigenvalue weighted by Crippen LogP contribution is 2.27. The second-order valence-corrected chi connectivity index (χ2v) is 9.07. The summed E-state index contributed by atoms with van der Waals surface area (Å²) >= 11 is 0. The zero-order valence-corrected chi connectivity index (χ0v) is 17.6. The number of fused-ring (bicyclic) bond motifs is 1. The average molecular weight is 454 g/mol. The molecule has 0 aliphatic carbocycles.